The highest BCUT2D eigenvalue weighted by Crippen LogP contribution is 2.30. The Morgan fingerprint density at radius 1 is 1.38 bits per heavy atom. The molecule has 1 atom stereocenters. The quantitative estimate of drug-likeness (QED) is 0.867. The number of hydrogen-bond donors (Lipinski definition) is 1. The molecule has 0 saturated heterocycles. The van der Waals surface area contributed by atoms with Crippen LogP contribution >= 0.6 is 15.9 Å². The first-order valence-electron chi connectivity index (χ1n) is 6.96. The largest absolute Gasteiger partial charge is 0.496 e. The van der Waals surface area contributed by atoms with Gasteiger partial charge in [0.15, 0.2) is 0 Å². The molecule has 0 bridgehead atoms. The van der Waals surface area contributed by atoms with Gasteiger partial charge in [-0.3, -0.25) is 0 Å². The van der Waals surface area contributed by atoms with Crippen LogP contribution < -0.4 is 10.1 Å². The van der Waals surface area contributed by atoms with Crippen LogP contribution in [-0.2, 0) is 6.42 Å². The lowest BCUT2D eigenvalue weighted by atomic mass is 10.0. The number of aromatic nitrogens is 3. The summed E-state index contributed by atoms with van der Waals surface area (Å²) in [6.45, 7) is 4.21. The number of methoxy groups -OCH3 is 1. The van der Waals surface area contributed by atoms with Gasteiger partial charge in [0, 0.05) is 28.5 Å². The maximum absolute atomic E-state index is 5.49. The Morgan fingerprint density at radius 2 is 2.14 bits per heavy atom. The van der Waals surface area contributed by atoms with Gasteiger partial charge in [0.05, 0.1) is 7.11 Å². The summed E-state index contributed by atoms with van der Waals surface area (Å²) in [5.41, 5.74) is 1.11. The average molecular weight is 353 g/mol. The molecule has 114 valence electrons. The Kier molecular flexibility index (Phi) is 5.36. The van der Waals surface area contributed by atoms with Crippen molar-refractivity contribution in [3.8, 4) is 5.75 Å². The van der Waals surface area contributed by atoms with E-state index in [0.717, 1.165) is 28.0 Å². The summed E-state index contributed by atoms with van der Waals surface area (Å²) >= 11 is 3.47. The first kappa shape index (κ1) is 16.0. The molecule has 2 rings (SSSR count). The fraction of sp³-hybridized carbons (Fsp3) is 0.467. The van der Waals surface area contributed by atoms with Gasteiger partial charge in [-0.25, -0.2) is 9.67 Å². The molecule has 1 unspecified atom stereocenters. The lowest BCUT2D eigenvalue weighted by Crippen LogP contribution is -2.22. The molecule has 0 radical (unpaired) electrons. The summed E-state index contributed by atoms with van der Waals surface area (Å²) in [6.07, 6.45) is 2.37. The second kappa shape index (κ2) is 7.04. The van der Waals surface area contributed by atoms with Crippen molar-refractivity contribution in [3.63, 3.8) is 0 Å². The number of hydrogen-bond acceptors (Lipinski definition) is 4. The monoisotopic (exact) mass is 352 g/mol. The van der Waals surface area contributed by atoms with Crippen LogP contribution in [0.1, 0.15) is 37.3 Å². The van der Waals surface area contributed by atoms with Crippen molar-refractivity contribution in [2.75, 3.05) is 14.2 Å². The molecule has 1 heterocycles. The minimum absolute atomic E-state index is 0.120. The van der Waals surface area contributed by atoms with Crippen molar-refractivity contribution in [1.82, 2.24) is 20.1 Å². The number of rotatable bonds is 6. The molecule has 1 N–H and O–H groups in total. The minimum atomic E-state index is 0.120. The van der Waals surface area contributed by atoms with Crippen molar-refractivity contribution in [2.24, 2.45) is 0 Å². The molecule has 0 aliphatic rings. The summed E-state index contributed by atoms with van der Waals surface area (Å²) in [5, 5.41) is 7.63. The Labute approximate surface area is 133 Å². The van der Waals surface area contributed by atoms with Crippen molar-refractivity contribution < 1.29 is 4.74 Å². The first-order chi connectivity index (χ1) is 10.1. The Balaban J connectivity index is 2.30. The van der Waals surface area contributed by atoms with E-state index in [1.54, 1.807) is 13.4 Å². The maximum atomic E-state index is 5.49. The lowest BCUT2D eigenvalue weighted by molar-refractivity contribution is 0.398. The third-order valence-corrected chi connectivity index (χ3v) is 3.94. The van der Waals surface area contributed by atoms with E-state index in [0.29, 0.717) is 6.04 Å². The summed E-state index contributed by atoms with van der Waals surface area (Å²) in [4.78, 5) is 4.39. The van der Waals surface area contributed by atoms with Gasteiger partial charge in [0.25, 0.3) is 0 Å². The normalized spacial score (nSPS) is 12.7. The van der Waals surface area contributed by atoms with Gasteiger partial charge >= 0.3 is 0 Å². The lowest BCUT2D eigenvalue weighted by Gasteiger charge is -2.20. The van der Waals surface area contributed by atoms with E-state index in [-0.39, 0.29) is 6.04 Å². The molecule has 0 saturated carbocycles. The van der Waals surface area contributed by atoms with E-state index in [4.69, 9.17) is 4.74 Å². The van der Waals surface area contributed by atoms with Gasteiger partial charge in [-0.15, -0.1) is 0 Å². The van der Waals surface area contributed by atoms with E-state index < -0.39 is 0 Å². The van der Waals surface area contributed by atoms with E-state index in [9.17, 15) is 0 Å². The smallest absolute Gasteiger partial charge is 0.138 e. The highest BCUT2D eigenvalue weighted by atomic mass is 79.9. The zero-order valence-electron chi connectivity index (χ0n) is 12.8. The van der Waals surface area contributed by atoms with Gasteiger partial charge in [0.1, 0.15) is 17.9 Å². The Morgan fingerprint density at radius 3 is 2.76 bits per heavy atom. The van der Waals surface area contributed by atoms with Crippen LogP contribution in [0.15, 0.2) is 29.0 Å². The third kappa shape index (κ3) is 3.63. The molecule has 1 aromatic carbocycles. The van der Waals surface area contributed by atoms with Crippen LogP contribution in [0.2, 0.25) is 0 Å². The summed E-state index contributed by atoms with van der Waals surface area (Å²) in [5.74, 6) is 1.83. The van der Waals surface area contributed by atoms with Crippen LogP contribution in [0.3, 0.4) is 0 Å². The highest BCUT2D eigenvalue weighted by Gasteiger charge is 2.19. The molecule has 2 aromatic rings. The van der Waals surface area contributed by atoms with Crippen molar-refractivity contribution in [3.05, 3.63) is 40.4 Å². The number of nitrogens with one attached hydrogen (secondary N) is 1. The molecule has 1 aromatic heterocycles. The molecule has 0 aliphatic carbocycles. The van der Waals surface area contributed by atoms with E-state index >= 15 is 0 Å². The van der Waals surface area contributed by atoms with Crippen LogP contribution in [-0.4, -0.2) is 28.9 Å². The standard InChI is InChI=1S/C15H21BrN4O/c1-10(2)20-15(18-9-19-20)8-13(17-3)12-6-5-11(16)7-14(12)21-4/h5-7,9-10,13,17H,8H2,1-4H3. The predicted molar refractivity (Wildman–Crippen MR) is 86.6 cm³/mol. The molecule has 0 aliphatic heterocycles. The van der Waals surface area contributed by atoms with Crippen LogP contribution in [0.5, 0.6) is 5.75 Å². The molecule has 21 heavy (non-hydrogen) atoms. The summed E-state index contributed by atoms with van der Waals surface area (Å²) in [7, 11) is 3.64. The van der Waals surface area contributed by atoms with Crippen LogP contribution in [0, 0.1) is 0 Å². The van der Waals surface area contributed by atoms with Crippen LogP contribution in [0.4, 0.5) is 0 Å². The van der Waals surface area contributed by atoms with E-state index in [1.165, 1.54) is 0 Å². The molecule has 0 amide bonds. The van der Waals surface area contributed by atoms with Gasteiger partial charge in [-0.05, 0) is 33.0 Å². The number of halogens is 1. The second-order valence-electron chi connectivity index (χ2n) is 5.15. The first-order valence-corrected chi connectivity index (χ1v) is 7.75. The molecule has 0 fully saturated rings. The molecular formula is C15H21BrN4O. The zero-order valence-corrected chi connectivity index (χ0v) is 14.4. The number of benzene rings is 1. The van der Waals surface area contributed by atoms with Crippen molar-refractivity contribution in [2.45, 2.75) is 32.4 Å². The van der Waals surface area contributed by atoms with Crippen molar-refractivity contribution in [1.29, 1.82) is 0 Å². The number of ether oxygens (including phenoxy) is 1. The number of nitrogens with zero attached hydrogens (tertiary/aromatic N) is 3. The SMILES string of the molecule is CNC(Cc1ncnn1C(C)C)c1ccc(Br)cc1OC. The van der Waals surface area contributed by atoms with Crippen molar-refractivity contribution >= 4 is 15.9 Å². The minimum Gasteiger partial charge on any atom is -0.496 e. The highest BCUT2D eigenvalue weighted by molar-refractivity contribution is 9.10. The third-order valence-electron chi connectivity index (χ3n) is 3.44. The summed E-state index contributed by atoms with van der Waals surface area (Å²) in [6, 6.07) is 6.49. The van der Waals surface area contributed by atoms with E-state index in [1.807, 2.05) is 23.9 Å². The average Bonchev–Trinajstić information content (AvgIpc) is 2.93. The maximum Gasteiger partial charge on any atom is 0.138 e. The van der Waals surface area contributed by atoms with Gasteiger partial charge in [-0.2, -0.15) is 5.10 Å². The summed E-state index contributed by atoms with van der Waals surface area (Å²) < 4.78 is 8.45. The Hall–Kier alpha value is -1.40. The number of likely N-dealkylation sites (N-methyl/N-ethyl adjacent to an activating group) is 1. The van der Waals surface area contributed by atoms with Gasteiger partial charge in [0.2, 0.25) is 0 Å². The van der Waals surface area contributed by atoms with Gasteiger partial charge in [-0.1, -0.05) is 22.0 Å². The Bertz CT molecular complexity index is 597. The van der Waals surface area contributed by atoms with Gasteiger partial charge < -0.3 is 10.1 Å². The zero-order chi connectivity index (χ0) is 15.4. The second-order valence-corrected chi connectivity index (χ2v) is 6.06. The molecule has 0 spiro atoms. The molecular weight excluding hydrogens is 332 g/mol. The van der Waals surface area contributed by atoms with Crippen LogP contribution in [0.25, 0.3) is 0 Å². The fourth-order valence-electron chi connectivity index (χ4n) is 2.37. The van der Waals surface area contributed by atoms with E-state index in [2.05, 4.69) is 51.2 Å². The topological polar surface area (TPSA) is 52.0 Å². The molecule has 5 nitrogen and oxygen atoms in total. The fourth-order valence-corrected chi connectivity index (χ4v) is 2.71. The molecule has 6 heteroatoms. The predicted octanol–water partition coefficient (Wildman–Crippen LogP) is 3.13.